The summed E-state index contributed by atoms with van der Waals surface area (Å²) < 4.78 is 46.7. The highest BCUT2D eigenvalue weighted by Crippen LogP contribution is 2.29. The number of aromatic nitrogens is 4. The molecule has 2 saturated heterocycles. The fourth-order valence-corrected chi connectivity index (χ4v) is 6.16. The van der Waals surface area contributed by atoms with Crippen molar-refractivity contribution in [3.63, 3.8) is 0 Å². The molecule has 0 radical (unpaired) electrons. The molecule has 0 amide bonds. The Morgan fingerprint density at radius 3 is 2.71 bits per heavy atom. The van der Waals surface area contributed by atoms with Crippen molar-refractivity contribution in [2.24, 2.45) is 11.8 Å². The van der Waals surface area contributed by atoms with Crippen LogP contribution in [0.2, 0.25) is 0 Å². The molecule has 0 bridgehead atoms. The monoisotopic (exact) mass is 490 g/mol. The second-order valence-electron chi connectivity index (χ2n) is 9.97. The van der Waals surface area contributed by atoms with Gasteiger partial charge in [0.2, 0.25) is 15.9 Å². The van der Waals surface area contributed by atoms with E-state index in [9.17, 15) is 12.8 Å². The third-order valence-electron chi connectivity index (χ3n) is 6.94. The average molecular weight is 491 g/mol. The molecule has 2 atom stereocenters. The molecule has 1 aromatic carbocycles. The Morgan fingerprint density at radius 2 is 1.97 bits per heavy atom. The van der Waals surface area contributed by atoms with Crippen molar-refractivity contribution < 1.29 is 17.3 Å². The summed E-state index contributed by atoms with van der Waals surface area (Å²) in [4.78, 5) is 6.94. The summed E-state index contributed by atoms with van der Waals surface area (Å²) in [6.07, 6.45) is 3.87. The van der Waals surface area contributed by atoms with Gasteiger partial charge < -0.3 is 9.42 Å². The van der Waals surface area contributed by atoms with Crippen LogP contribution < -0.4 is 0 Å². The molecule has 0 aliphatic carbocycles. The number of sulfonamides is 1. The molecule has 3 aromatic rings. The zero-order valence-corrected chi connectivity index (χ0v) is 20.6. The van der Waals surface area contributed by atoms with E-state index in [4.69, 9.17) is 4.52 Å². The van der Waals surface area contributed by atoms with Gasteiger partial charge in [0.05, 0.1) is 11.9 Å². The van der Waals surface area contributed by atoms with Gasteiger partial charge in [0.1, 0.15) is 11.3 Å². The van der Waals surface area contributed by atoms with Crippen LogP contribution in [-0.2, 0) is 16.4 Å². The number of para-hydroxylation sites is 1. The van der Waals surface area contributed by atoms with Crippen molar-refractivity contribution in [1.29, 1.82) is 0 Å². The zero-order chi connectivity index (χ0) is 24.0. The average Bonchev–Trinajstić information content (AvgIpc) is 3.54. The lowest BCUT2D eigenvalue weighted by atomic mass is 10.1. The number of hydrogen-bond donors (Lipinski definition) is 0. The number of nitrogens with zero attached hydrogens (tertiary/aromatic N) is 6. The summed E-state index contributed by atoms with van der Waals surface area (Å²) in [6.45, 7) is 8.09. The van der Waals surface area contributed by atoms with Gasteiger partial charge in [0, 0.05) is 38.0 Å². The molecule has 0 unspecified atom stereocenters. The second kappa shape index (κ2) is 9.01. The van der Waals surface area contributed by atoms with Crippen LogP contribution in [0, 0.1) is 17.7 Å². The molecule has 2 aliphatic rings. The molecule has 0 saturated carbocycles. The smallest absolute Gasteiger partial charge is 0.291 e. The quantitative estimate of drug-likeness (QED) is 0.502. The summed E-state index contributed by atoms with van der Waals surface area (Å²) in [5, 5.41) is 9.45. The topological polar surface area (TPSA) is 97.4 Å². The highest BCUT2D eigenvalue weighted by molar-refractivity contribution is 7.88. The van der Waals surface area contributed by atoms with E-state index in [0.29, 0.717) is 42.8 Å². The number of rotatable bonds is 7. The summed E-state index contributed by atoms with van der Waals surface area (Å²) in [6, 6.07) is 4.97. The molecule has 5 rings (SSSR count). The van der Waals surface area contributed by atoms with Gasteiger partial charge in [-0.2, -0.15) is 14.8 Å². The van der Waals surface area contributed by atoms with Crippen molar-refractivity contribution in [2.75, 3.05) is 39.0 Å². The first-order chi connectivity index (χ1) is 16.2. The van der Waals surface area contributed by atoms with Gasteiger partial charge >= 0.3 is 0 Å². The molecular formula is C23H31FN6O3S. The predicted octanol–water partition coefficient (Wildman–Crippen LogP) is 2.82. The number of fused-ring (bicyclic) bond motifs is 1. The van der Waals surface area contributed by atoms with Crippen LogP contribution in [0.4, 0.5) is 4.39 Å². The Morgan fingerprint density at radius 1 is 1.18 bits per heavy atom. The van der Waals surface area contributed by atoms with Crippen LogP contribution in [0.5, 0.6) is 0 Å². The van der Waals surface area contributed by atoms with E-state index in [-0.39, 0.29) is 17.7 Å². The number of likely N-dealkylation sites (tertiary alicyclic amines) is 1. The molecule has 2 aliphatic heterocycles. The largest absolute Gasteiger partial charge is 0.337 e. The maximum absolute atomic E-state index is 14.7. The van der Waals surface area contributed by atoms with E-state index in [0.717, 1.165) is 43.6 Å². The van der Waals surface area contributed by atoms with Crippen LogP contribution in [0.15, 0.2) is 22.7 Å². The number of halogens is 1. The minimum atomic E-state index is -3.10. The van der Waals surface area contributed by atoms with Crippen LogP contribution in [0.1, 0.15) is 44.2 Å². The summed E-state index contributed by atoms with van der Waals surface area (Å²) in [7, 11) is -3.10. The van der Waals surface area contributed by atoms with Gasteiger partial charge in [0.25, 0.3) is 5.95 Å². The van der Waals surface area contributed by atoms with Crippen LogP contribution in [-0.4, -0.2) is 76.5 Å². The molecule has 0 spiro atoms. The first kappa shape index (κ1) is 23.4. The summed E-state index contributed by atoms with van der Waals surface area (Å²) in [5.41, 5.74) is 1.17. The van der Waals surface area contributed by atoms with Gasteiger partial charge in [-0.3, -0.25) is 0 Å². The maximum atomic E-state index is 14.7. The van der Waals surface area contributed by atoms with Gasteiger partial charge in [-0.25, -0.2) is 17.1 Å². The molecule has 34 heavy (non-hydrogen) atoms. The van der Waals surface area contributed by atoms with Crippen molar-refractivity contribution in [3.05, 3.63) is 35.6 Å². The third kappa shape index (κ3) is 4.60. The molecule has 4 heterocycles. The number of benzene rings is 1. The SMILES string of the molecule is CC(C)c1nn(-c2noc(C[C@H]3CCN(C[C@H]4CCN(S(C)(=O)=O)C4)C3)n2)c2c(F)cccc12. The zero-order valence-electron chi connectivity index (χ0n) is 19.8. The van der Waals surface area contributed by atoms with Crippen LogP contribution >= 0.6 is 0 Å². The van der Waals surface area contributed by atoms with E-state index >= 15 is 0 Å². The van der Waals surface area contributed by atoms with Crippen molar-refractivity contribution in [1.82, 2.24) is 29.1 Å². The molecule has 2 aromatic heterocycles. The van der Waals surface area contributed by atoms with Crippen molar-refractivity contribution >= 4 is 20.9 Å². The fraction of sp³-hybridized carbons (Fsp3) is 0.609. The highest BCUT2D eigenvalue weighted by Gasteiger charge is 2.32. The molecule has 9 nitrogen and oxygen atoms in total. The van der Waals surface area contributed by atoms with Gasteiger partial charge in [0.15, 0.2) is 0 Å². The van der Waals surface area contributed by atoms with Crippen molar-refractivity contribution in [2.45, 2.75) is 39.0 Å². The Kier molecular flexibility index (Phi) is 6.19. The van der Waals surface area contributed by atoms with Gasteiger partial charge in [-0.15, -0.1) is 0 Å². The lowest BCUT2D eigenvalue weighted by molar-refractivity contribution is 0.268. The second-order valence-corrected chi connectivity index (χ2v) is 12.0. The first-order valence-corrected chi connectivity index (χ1v) is 13.7. The van der Waals surface area contributed by atoms with E-state index in [1.54, 1.807) is 10.4 Å². The van der Waals surface area contributed by atoms with E-state index in [1.807, 2.05) is 19.9 Å². The third-order valence-corrected chi connectivity index (χ3v) is 8.21. The first-order valence-electron chi connectivity index (χ1n) is 11.9. The molecule has 0 N–H and O–H groups in total. The lowest BCUT2D eigenvalue weighted by Gasteiger charge is -2.20. The lowest BCUT2D eigenvalue weighted by Crippen LogP contribution is -2.31. The van der Waals surface area contributed by atoms with E-state index < -0.39 is 10.0 Å². The normalized spacial score (nSPS) is 22.5. The van der Waals surface area contributed by atoms with Crippen LogP contribution in [0.25, 0.3) is 16.9 Å². The predicted molar refractivity (Wildman–Crippen MR) is 126 cm³/mol. The molecule has 11 heteroatoms. The van der Waals surface area contributed by atoms with Gasteiger partial charge in [-0.1, -0.05) is 26.0 Å². The number of hydrogen-bond acceptors (Lipinski definition) is 7. The Labute approximate surface area is 199 Å². The summed E-state index contributed by atoms with van der Waals surface area (Å²) >= 11 is 0. The Bertz CT molecular complexity index is 1290. The molecule has 2 fully saturated rings. The van der Waals surface area contributed by atoms with Crippen LogP contribution in [0.3, 0.4) is 0 Å². The Balaban J connectivity index is 1.24. The van der Waals surface area contributed by atoms with E-state index in [1.165, 1.54) is 17.0 Å². The standard InChI is InChI=1S/C23H31FN6O3S/c1-15(2)21-18-5-4-6-19(24)22(18)30(26-21)23-25-20(33-27-23)11-16-7-9-28(12-16)13-17-8-10-29(14-17)34(3,31)32/h4-6,15-17H,7-14H2,1-3H3/t16-,17-/m1/s1. The summed E-state index contributed by atoms with van der Waals surface area (Å²) in [5.74, 6) is 1.30. The molecular weight excluding hydrogens is 459 g/mol. The Hall–Kier alpha value is -2.37. The van der Waals surface area contributed by atoms with Gasteiger partial charge in [-0.05, 0) is 48.4 Å². The minimum Gasteiger partial charge on any atom is -0.337 e. The minimum absolute atomic E-state index is 0.130. The maximum Gasteiger partial charge on any atom is 0.291 e. The fourth-order valence-electron chi connectivity index (χ4n) is 5.24. The van der Waals surface area contributed by atoms with E-state index in [2.05, 4.69) is 20.1 Å². The van der Waals surface area contributed by atoms with Crippen molar-refractivity contribution in [3.8, 4) is 5.95 Å². The molecule has 184 valence electrons. The highest BCUT2D eigenvalue weighted by atomic mass is 32.2.